The van der Waals surface area contributed by atoms with E-state index in [1.54, 1.807) is 18.2 Å². The van der Waals surface area contributed by atoms with Crippen molar-refractivity contribution >= 4 is 25.7 Å². The molecule has 0 unspecified atom stereocenters. The lowest BCUT2D eigenvalue weighted by Crippen LogP contribution is -2.41. The summed E-state index contributed by atoms with van der Waals surface area (Å²) in [4.78, 5) is 0.128. The Morgan fingerprint density at radius 1 is 1.18 bits per heavy atom. The summed E-state index contributed by atoms with van der Waals surface area (Å²) in [5.74, 6) is 0.147. The average Bonchev–Trinajstić information content (AvgIpc) is 2.45. The fraction of sp³-hybridized carbons (Fsp3) is 0.538. The largest absolute Gasteiger partial charge is 0.398 e. The lowest BCUT2D eigenvalue weighted by atomic mass is 9.99. The Labute approximate surface area is 131 Å². The van der Waals surface area contributed by atoms with E-state index in [2.05, 4.69) is 4.72 Å². The predicted octanol–water partition coefficient (Wildman–Crippen LogP) is 0.219. The third-order valence-electron chi connectivity index (χ3n) is 3.74. The van der Waals surface area contributed by atoms with Gasteiger partial charge in [0, 0.05) is 19.6 Å². The number of anilines is 1. The molecule has 1 heterocycles. The lowest BCUT2D eigenvalue weighted by molar-refractivity contribution is 0.274. The topological polar surface area (TPSA) is 110 Å². The molecule has 9 heteroatoms. The molecule has 0 saturated carbocycles. The van der Waals surface area contributed by atoms with E-state index in [1.165, 1.54) is 10.4 Å². The van der Waals surface area contributed by atoms with E-state index in [9.17, 15) is 16.8 Å². The number of para-hydroxylation sites is 1. The summed E-state index contributed by atoms with van der Waals surface area (Å²) in [5.41, 5.74) is 5.99. The number of benzene rings is 1. The molecule has 0 spiro atoms. The summed E-state index contributed by atoms with van der Waals surface area (Å²) < 4.78 is 51.2. The summed E-state index contributed by atoms with van der Waals surface area (Å²) in [7, 11) is -6.80. The highest BCUT2D eigenvalue weighted by atomic mass is 32.2. The predicted molar refractivity (Wildman–Crippen MR) is 85.2 cm³/mol. The maximum Gasteiger partial charge on any atom is 0.245 e. The van der Waals surface area contributed by atoms with Crippen LogP contribution in [0.3, 0.4) is 0 Å². The molecular formula is C13H21N3O4S2. The van der Waals surface area contributed by atoms with Crippen molar-refractivity contribution in [3.8, 4) is 0 Å². The van der Waals surface area contributed by atoms with Gasteiger partial charge in [-0.2, -0.15) is 4.31 Å². The van der Waals surface area contributed by atoms with Crippen molar-refractivity contribution in [3.05, 3.63) is 24.3 Å². The minimum Gasteiger partial charge on any atom is -0.398 e. The molecule has 22 heavy (non-hydrogen) atoms. The van der Waals surface area contributed by atoms with Gasteiger partial charge in [-0.15, -0.1) is 0 Å². The molecule has 0 radical (unpaired) electrons. The van der Waals surface area contributed by atoms with Crippen molar-refractivity contribution in [2.75, 3.05) is 31.6 Å². The van der Waals surface area contributed by atoms with Crippen LogP contribution in [-0.4, -0.2) is 47.0 Å². The Kier molecular flexibility index (Phi) is 5.10. The van der Waals surface area contributed by atoms with Gasteiger partial charge in [0.1, 0.15) is 4.90 Å². The van der Waals surface area contributed by atoms with Crippen LogP contribution in [-0.2, 0) is 20.0 Å². The molecule has 0 bridgehead atoms. The van der Waals surface area contributed by atoms with Crippen molar-refractivity contribution < 1.29 is 16.8 Å². The summed E-state index contributed by atoms with van der Waals surface area (Å²) in [5, 5.41) is 0. The first-order chi connectivity index (χ1) is 10.2. The summed E-state index contributed by atoms with van der Waals surface area (Å²) in [6.07, 6.45) is 2.35. The molecule has 1 aliphatic rings. The highest BCUT2D eigenvalue weighted by Crippen LogP contribution is 2.26. The monoisotopic (exact) mass is 347 g/mol. The van der Waals surface area contributed by atoms with Crippen LogP contribution < -0.4 is 10.5 Å². The molecular weight excluding hydrogens is 326 g/mol. The van der Waals surface area contributed by atoms with Crippen molar-refractivity contribution in [1.82, 2.24) is 9.03 Å². The van der Waals surface area contributed by atoms with Gasteiger partial charge in [-0.3, -0.25) is 0 Å². The van der Waals surface area contributed by atoms with Crippen LogP contribution in [0.4, 0.5) is 5.69 Å². The fourth-order valence-corrected chi connectivity index (χ4v) is 4.60. The smallest absolute Gasteiger partial charge is 0.245 e. The normalized spacial score (nSPS) is 18.4. The van der Waals surface area contributed by atoms with Crippen molar-refractivity contribution in [1.29, 1.82) is 0 Å². The van der Waals surface area contributed by atoms with Crippen LogP contribution in [0.25, 0.3) is 0 Å². The third kappa shape index (κ3) is 4.19. The van der Waals surface area contributed by atoms with Gasteiger partial charge in [-0.05, 0) is 30.9 Å². The number of hydrogen-bond donors (Lipinski definition) is 2. The first-order valence-electron chi connectivity index (χ1n) is 6.99. The van der Waals surface area contributed by atoms with Crippen LogP contribution in [0.5, 0.6) is 0 Å². The zero-order valence-corrected chi connectivity index (χ0v) is 14.0. The molecule has 1 fully saturated rings. The molecule has 0 atom stereocenters. The fourth-order valence-electron chi connectivity index (χ4n) is 2.48. The molecule has 2 rings (SSSR count). The standard InChI is InChI=1S/C13H21N3O4S2/c1-21(17,18)15-10-11-6-8-16(9-7-11)22(19,20)13-5-3-2-4-12(13)14/h2-5,11,15H,6-10,14H2,1H3. The van der Waals surface area contributed by atoms with Gasteiger partial charge in [0.2, 0.25) is 20.0 Å². The minimum absolute atomic E-state index is 0.128. The molecule has 0 amide bonds. The Balaban J connectivity index is 2.01. The summed E-state index contributed by atoms with van der Waals surface area (Å²) in [6.45, 7) is 1.08. The summed E-state index contributed by atoms with van der Waals surface area (Å²) >= 11 is 0. The van der Waals surface area contributed by atoms with Crippen molar-refractivity contribution in [2.24, 2.45) is 5.92 Å². The third-order valence-corrected chi connectivity index (χ3v) is 6.41. The van der Waals surface area contributed by atoms with Gasteiger partial charge in [-0.1, -0.05) is 12.1 Å². The zero-order valence-electron chi connectivity index (χ0n) is 12.4. The van der Waals surface area contributed by atoms with Gasteiger partial charge in [0.05, 0.1) is 11.9 Å². The molecule has 1 aliphatic heterocycles. The lowest BCUT2D eigenvalue weighted by Gasteiger charge is -2.31. The molecule has 1 aromatic rings. The Morgan fingerprint density at radius 3 is 2.32 bits per heavy atom. The van der Waals surface area contributed by atoms with Crippen LogP contribution in [0, 0.1) is 5.92 Å². The van der Waals surface area contributed by atoms with Gasteiger partial charge in [-0.25, -0.2) is 21.6 Å². The number of sulfonamides is 2. The highest BCUT2D eigenvalue weighted by Gasteiger charge is 2.30. The second-order valence-electron chi connectivity index (χ2n) is 5.51. The SMILES string of the molecule is CS(=O)(=O)NCC1CCN(S(=O)(=O)c2ccccc2N)CC1. The molecule has 1 saturated heterocycles. The van der Waals surface area contributed by atoms with Crippen molar-refractivity contribution in [3.63, 3.8) is 0 Å². The Hall–Kier alpha value is -1.16. The maximum atomic E-state index is 12.6. The molecule has 3 N–H and O–H groups in total. The first kappa shape index (κ1) is 17.2. The second kappa shape index (κ2) is 6.53. The molecule has 0 aliphatic carbocycles. The van der Waals surface area contributed by atoms with E-state index in [4.69, 9.17) is 5.73 Å². The quantitative estimate of drug-likeness (QED) is 0.741. The number of nitrogens with two attached hydrogens (primary N) is 1. The van der Waals surface area contributed by atoms with Gasteiger partial charge in [0.25, 0.3) is 0 Å². The maximum absolute atomic E-state index is 12.6. The van der Waals surface area contributed by atoms with Crippen molar-refractivity contribution in [2.45, 2.75) is 17.7 Å². The number of hydrogen-bond acceptors (Lipinski definition) is 5. The van der Waals surface area contributed by atoms with E-state index in [1.807, 2.05) is 0 Å². The van der Waals surface area contributed by atoms with Crippen LogP contribution in [0.1, 0.15) is 12.8 Å². The van der Waals surface area contributed by atoms with E-state index < -0.39 is 20.0 Å². The Bertz CT molecular complexity index is 723. The second-order valence-corrected chi connectivity index (χ2v) is 9.25. The minimum atomic E-state index is -3.59. The van der Waals surface area contributed by atoms with E-state index in [-0.39, 0.29) is 16.5 Å². The molecule has 1 aromatic carbocycles. The van der Waals surface area contributed by atoms with E-state index in [0.717, 1.165) is 6.26 Å². The summed E-state index contributed by atoms with van der Waals surface area (Å²) in [6, 6.07) is 6.40. The van der Waals surface area contributed by atoms with Gasteiger partial charge >= 0.3 is 0 Å². The highest BCUT2D eigenvalue weighted by molar-refractivity contribution is 7.89. The number of nitrogens with one attached hydrogen (secondary N) is 1. The van der Waals surface area contributed by atoms with Crippen LogP contribution in [0.15, 0.2) is 29.2 Å². The molecule has 7 nitrogen and oxygen atoms in total. The molecule has 124 valence electrons. The zero-order chi connectivity index (χ0) is 16.4. The number of piperidine rings is 1. The Morgan fingerprint density at radius 2 is 1.77 bits per heavy atom. The van der Waals surface area contributed by atoms with Gasteiger partial charge in [0.15, 0.2) is 0 Å². The number of nitrogen functional groups attached to an aromatic ring is 1. The molecule has 0 aromatic heterocycles. The number of rotatable bonds is 5. The van der Waals surface area contributed by atoms with Crippen LogP contribution >= 0.6 is 0 Å². The first-order valence-corrected chi connectivity index (χ1v) is 10.3. The van der Waals surface area contributed by atoms with Crippen LogP contribution in [0.2, 0.25) is 0 Å². The van der Waals surface area contributed by atoms with Gasteiger partial charge < -0.3 is 5.73 Å². The average molecular weight is 347 g/mol. The van der Waals surface area contributed by atoms with E-state index >= 15 is 0 Å². The van der Waals surface area contributed by atoms with E-state index in [0.29, 0.717) is 32.5 Å². The number of nitrogens with zero attached hydrogens (tertiary/aromatic N) is 1.